The third kappa shape index (κ3) is 5.42. The van der Waals surface area contributed by atoms with Crippen LogP contribution in [0.4, 0.5) is 0 Å². The van der Waals surface area contributed by atoms with Crippen LogP contribution in [0.1, 0.15) is 32.1 Å². The maximum Gasteiger partial charge on any atom is 0.307 e. The number of carboxylic acid groups (broad SMARTS) is 1. The van der Waals surface area contributed by atoms with Crippen LogP contribution in [0.5, 0.6) is 0 Å². The number of carbonyl (C=O) groups excluding carboxylic acids is 1. The van der Waals surface area contributed by atoms with E-state index in [0.717, 1.165) is 19.3 Å². The highest BCUT2D eigenvalue weighted by Crippen LogP contribution is 2.30. The van der Waals surface area contributed by atoms with E-state index in [9.17, 15) is 9.59 Å². The zero-order valence-corrected chi connectivity index (χ0v) is 11.3. The highest BCUT2D eigenvalue weighted by atomic mass is 16.5. The molecule has 1 amide bonds. The minimum Gasteiger partial charge on any atom is -0.481 e. The third-order valence-corrected chi connectivity index (χ3v) is 3.43. The summed E-state index contributed by atoms with van der Waals surface area (Å²) >= 11 is 0. The molecule has 2 N–H and O–H groups in total. The zero-order valence-electron chi connectivity index (χ0n) is 11.3. The van der Waals surface area contributed by atoms with Crippen molar-refractivity contribution in [1.29, 1.82) is 0 Å². The van der Waals surface area contributed by atoms with Crippen molar-refractivity contribution in [1.82, 2.24) is 5.32 Å². The molecule has 0 bridgehead atoms. The lowest BCUT2D eigenvalue weighted by Gasteiger charge is -2.27. The summed E-state index contributed by atoms with van der Waals surface area (Å²) in [7, 11) is 0. The molecule has 19 heavy (non-hydrogen) atoms. The molecule has 5 heteroatoms. The van der Waals surface area contributed by atoms with Crippen molar-refractivity contribution in [2.75, 3.05) is 19.8 Å². The van der Waals surface area contributed by atoms with Crippen molar-refractivity contribution >= 4 is 11.9 Å². The number of carbonyl (C=O) groups is 2. The highest BCUT2D eigenvalue weighted by Gasteiger charge is 2.35. The van der Waals surface area contributed by atoms with E-state index < -0.39 is 11.9 Å². The fourth-order valence-electron chi connectivity index (χ4n) is 2.39. The summed E-state index contributed by atoms with van der Waals surface area (Å²) in [6.07, 6.45) is 5.65. The Morgan fingerprint density at radius 2 is 1.95 bits per heavy atom. The van der Waals surface area contributed by atoms with Gasteiger partial charge in [0, 0.05) is 6.54 Å². The van der Waals surface area contributed by atoms with E-state index in [1.54, 1.807) is 6.08 Å². The summed E-state index contributed by atoms with van der Waals surface area (Å²) in [5.74, 6) is -1.93. The second-order valence-electron chi connectivity index (χ2n) is 4.82. The van der Waals surface area contributed by atoms with Crippen LogP contribution in [0, 0.1) is 11.8 Å². The highest BCUT2D eigenvalue weighted by molar-refractivity contribution is 5.84. The van der Waals surface area contributed by atoms with E-state index in [2.05, 4.69) is 11.9 Å². The summed E-state index contributed by atoms with van der Waals surface area (Å²) in [6, 6.07) is 0. The standard InChI is InChI=1S/C14H23NO4/c1-2-3-9-19-10-8-15-13(16)11-6-4-5-7-12(11)14(17)18/h2,11-12H,1,3-10H2,(H,15,16)(H,17,18). The Labute approximate surface area is 114 Å². The van der Waals surface area contributed by atoms with E-state index in [4.69, 9.17) is 9.84 Å². The lowest BCUT2D eigenvalue weighted by Crippen LogP contribution is -2.40. The molecule has 0 spiro atoms. The molecule has 108 valence electrons. The van der Waals surface area contributed by atoms with Gasteiger partial charge in [-0.2, -0.15) is 0 Å². The van der Waals surface area contributed by atoms with E-state index in [-0.39, 0.29) is 11.8 Å². The van der Waals surface area contributed by atoms with Gasteiger partial charge < -0.3 is 15.2 Å². The monoisotopic (exact) mass is 269 g/mol. The predicted molar refractivity (Wildman–Crippen MR) is 71.7 cm³/mol. The Morgan fingerprint density at radius 3 is 2.58 bits per heavy atom. The van der Waals surface area contributed by atoms with Crippen molar-refractivity contribution < 1.29 is 19.4 Å². The van der Waals surface area contributed by atoms with E-state index in [0.29, 0.717) is 32.6 Å². The van der Waals surface area contributed by atoms with Crippen molar-refractivity contribution in [3.05, 3.63) is 12.7 Å². The number of ether oxygens (including phenoxy) is 1. The molecule has 0 aromatic rings. The van der Waals surface area contributed by atoms with Gasteiger partial charge in [0.15, 0.2) is 0 Å². The summed E-state index contributed by atoms with van der Waals surface area (Å²) in [4.78, 5) is 23.1. The molecule has 0 aliphatic heterocycles. The molecule has 1 aliphatic carbocycles. The van der Waals surface area contributed by atoms with Gasteiger partial charge in [-0.05, 0) is 19.3 Å². The Balaban J connectivity index is 2.27. The molecule has 2 unspecified atom stereocenters. The first-order valence-electron chi connectivity index (χ1n) is 6.86. The molecular formula is C14H23NO4. The first kappa shape index (κ1) is 15.7. The SMILES string of the molecule is C=CCCOCCNC(=O)C1CCCCC1C(=O)O. The zero-order chi connectivity index (χ0) is 14.1. The second kappa shape index (κ2) is 8.69. The molecule has 1 fully saturated rings. The van der Waals surface area contributed by atoms with Gasteiger partial charge in [0.2, 0.25) is 5.91 Å². The number of carboxylic acids is 1. The van der Waals surface area contributed by atoms with Crippen LogP contribution in [0.25, 0.3) is 0 Å². The van der Waals surface area contributed by atoms with Crippen LogP contribution in [0.3, 0.4) is 0 Å². The summed E-state index contributed by atoms with van der Waals surface area (Å²) in [6.45, 7) is 5.06. The van der Waals surface area contributed by atoms with Crippen LogP contribution < -0.4 is 5.32 Å². The van der Waals surface area contributed by atoms with E-state index in [1.807, 2.05) is 0 Å². The van der Waals surface area contributed by atoms with Gasteiger partial charge in [-0.25, -0.2) is 0 Å². The van der Waals surface area contributed by atoms with Crippen LogP contribution in [0.15, 0.2) is 12.7 Å². The van der Waals surface area contributed by atoms with Crippen molar-refractivity contribution in [3.8, 4) is 0 Å². The van der Waals surface area contributed by atoms with Crippen molar-refractivity contribution in [2.24, 2.45) is 11.8 Å². The molecule has 0 aromatic carbocycles. The topological polar surface area (TPSA) is 75.6 Å². The molecule has 1 rings (SSSR count). The molecule has 2 atom stereocenters. The normalized spacial score (nSPS) is 22.7. The van der Waals surface area contributed by atoms with Crippen molar-refractivity contribution in [3.63, 3.8) is 0 Å². The first-order valence-corrected chi connectivity index (χ1v) is 6.86. The number of hydrogen-bond donors (Lipinski definition) is 2. The average Bonchev–Trinajstić information content (AvgIpc) is 2.42. The van der Waals surface area contributed by atoms with Gasteiger partial charge in [-0.15, -0.1) is 6.58 Å². The van der Waals surface area contributed by atoms with Crippen molar-refractivity contribution in [2.45, 2.75) is 32.1 Å². The van der Waals surface area contributed by atoms with Gasteiger partial charge in [-0.3, -0.25) is 9.59 Å². The fraction of sp³-hybridized carbons (Fsp3) is 0.714. The smallest absolute Gasteiger partial charge is 0.307 e. The van der Waals surface area contributed by atoms with Gasteiger partial charge in [0.25, 0.3) is 0 Å². The molecule has 0 aromatic heterocycles. The average molecular weight is 269 g/mol. The first-order chi connectivity index (χ1) is 9.16. The second-order valence-corrected chi connectivity index (χ2v) is 4.82. The molecule has 0 radical (unpaired) electrons. The number of rotatable bonds is 8. The maximum absolute atomic E-state index is 12.0. The molecule has 1 saturated carbocycles. The molecule has 5 nitrogen and oxygen atoms in total. The lowest BCUT2D eigenvalue weighted by atomic mass is 9.79. The van der Waals surface area contributed by atoms with E-state index >= 15 is 0 Å². The number of nitrogens with one attached hydrogen (secondary N) is 1. The molecule has 0 heterocycles. The Bertz CT molecular complexity index is 317. The van der Waals surface area contributed by atoms with E-state index in [1.165, 1.54) is 0 Å². The van der Waals surface area contributed by atoms with Crippen LogP contribution in [-0.4, -0.2) is 36.7 Å². The fourth-order valence-corrected chi connectivity index (χ4v) is 2.39. The molecule has 0 saturated heterocycles. The van der Waals surface area contributed by atoms with Crippen LogP contribution in [0.2, 0.25) is 0 Å². The largest absolute Gasteiger partial charge is 0.481 e. The van der Waals surface area contributed by atoms with Crippen LogP contribution >= 0.6 is 0 Å². The van der Waals surface area contributed by atoms with Gasteiger partial charge >= 0.3 is 5.97 Å². The molecule has 1 aliphatic rings. The van der Waals surface area contributed by atoms with Crippen LogP contribution in [-0.2, 0) is 14.3 Å². The van der Waals surface area contributed by atoms with Gasteiger partial charge in [-0.1, -0.05) is 18.9 Å². The number of aliphatic carboxylic acids is 1. The summed E-state index contributed by atoms with van der Waals surface area (Å²) in [5, 5.41) is 11.9. The maximum atomic E-state index is 12.0. The number of hydrogen-bond acceptors (Lipinski definition) is 3. The Kier molecular flexibility index (Phi) is 7.18. The third-order valence-electron chi connectivity index (χ3n) is 3.43. The Hall–Kier alpha value is -1.36. The minimum atomic E-state index is -0.859. The summed E-state index contributed by atoms with van der Waals surface area (Å²) in [5.41, 5.74) is 0. The quantitative estimate of drug-likeness (QED) is 0.518. The predicted octanol–water partition coefficient (Wildman–Crippen LogP) is 1.59. The van der Waals surface area contributed by atoms with Gasteiger partial charge in [0.05, 0.1) is 25.0 Å². The van der Waals surface area contributed by atoms with Gasteiger partial charge in [0.1, 0.15) is 0 Å². The lowest BCUT2D eigenvalue weighted by molar-refractivity contribution is -0.148. The summed E-state index contributed by atoms with van der Waals surface area (Å²) < 4.78 is 5.28. The minimum absolute atomic E-state index is 0.153. The Morgan fingerprint density at radius 1 is 1.26 bits per heavy atom. The number of amides is 1. The molecular weight excluding hydrogens is 246 g/mol.